The lowest BCUT2D eigenvalue weighted by Gasteiger charge is -2.16. The molecule has 3 rings (SSSR count). The summed E-state index contributed by atoms with van der Waals surface area (Å²) in [5, 5.41) is 5.55. The number of amides is 3. The van der Waals surface area contributed by atoms with E-state index in [-0.39, 0.29) is 36.3 Å². The number of nitrogens with zero attached hydrogens (tertiary/aromatic N) is 1. The monoisotopic (exact) mass is 451 g/mol. The van der Waals surface area contributed by atoms with Crippen LogP contribution in [0.1, 0.15) is 53.8 Å². The first-order valence-electron chi connectivity index (χ1n) is 11.2. The van der Waals surface area contributed by atoms with Gasteiger partial charge in [-0.1, -0.05) is 25.5 Å². The van der Waals surface area contributed by atoms with Crippen molar-refractivity contribution in [2.75, 3.05) is 30.3 Å². The summed E-state index contributed by atoms with van der Waals surface area (Å²) < 4.78 is 5.03. The minimum Gasteiger partial charge on any atom is -0.462 e. The number of esters is 1. The predicted molar refractivity (Wildman–Crippen MR) is 125 cm³/mol. The van der Waals surface area contributed by atoms with Gasteiger partial charge in [-0.3, -0.25) is 14.4 Å². The van der Waals surface area contributed by atoms with Gasteiger partial charge in [-0.15, -0.1) is 0 Å². The van der Waals surface area contributed by atoms with E-state index in [0.717, 1.165) is 12.8 Å². The molecule has 1 fully saturated rings. The number of hydrogen-bond acceptors (Lipinski definition) is 5. The third-order valence-corrected chi connectivity index (χ3v) is 5.45. The van der Waals surface area contributed by atoms with Gasteiger partial charge >= 0.3 is 5.97 Å². The average Bonchev–Trinajstić information content (AvgIpc) is 3.19. The number of rotatable bonds is 9. The number of carbonyl (C=O) groups is 4. The Bertz CT molecular complexity index is 1020. The maximum Gasteiger partial charge on any atom is 0.340 e. The number of ether oxygens (including phenoxy) is 1. The molecule has 0 spiro atoms. The molecule has 2 aromatic carbocycles. The van der Waals surface area contributed by atoms with Crippen molar-refractivity contribution >= 4 is 35.1 Å². The summed E-state index contributed by atoms with van der Waals surface area (Å²) >= 11 is 0. The first kappa shape index (κ1) is 24.0. The second-order valence-corrected chi connectivity index (χ2v) is 7.88. The largest absolute Gasteiger partial charge is 0.462 e. The van der Waals surface area contributed by atoms with Crippen molar-refractivity contribution in [1.29, 1.82) is 0 Å². The molecule has 3 amide bonds. The van der Waals surface area contributed by atoms with Gasteiger partial charge < -0.3 is 20.3 Å². The third kappa shape index (κ3) is 6.19. The normalized spacial score (nSPS) is 15.3. The molecule has 1 heterocycles. The van der Waals surface area contributed by atoms with Gasteiger partial charge in [-0.25, -0.2) is 4.79 Å². The van der Waals surface area contributed by atoms with E-state index in [2.05, 4.69) is 17.6 Å². The molecule has 1 aliphatic rings. The number of benzene rings is 2. The number of likely N-dealkylation sites (tertiary alicyclic amines) is 1. The van der Waals surface area contributed by atoms with Crippen LogP contribution in [0.15, 0.2) is 48.5 Å². The Morgan fingerprint density at radius 3 is 2.45 bits per heavy atom. The van der Waals surface area contributed by atoms with Crippen molar-refractivity contribution in [3.8, 4) is 0 Å². The fourth-order valence-corrected chi connectivity index (χ4v) is 3.64. The molecule has 0 aliphatic carbocycles. The van der Waals surface area contributed by atoms with Crippen LogP contribution in [0.2, 0.25) is 0 Å². The molecular formula is C25H29N3O5. The molecular weight excluding hydrogens is 422 g/mol. The van der Waals surface area contributed by atoms with Crippen molar-refractivity contribution in [2.24, 2.45) is 5.92 Å². The Balaban J connectivity index is 1.59. The lowest BCUT2D eigenvalue weighted by Crippen LogP contribution is -2.29. The van der Waals surface area contributed by atoms with Gasteiger partial charge in [-0.2, -0.15) is 0 Å². The van der Waals surface area contributed by atoms with E-state index < -0.39 is 11.9 Å². The topological polar surface area (TPSA) is 105 Å². The lowest BCUT2D eigenvalue weighted by atomic mass is 10.1. The van der Waals surface area contributed by atoms with Crippen LogP contribution in [0.3, 0.4) is 0 Å². The van der Waals surface area contributed by atoms with Crippen molar-refractivity contribution in [3.63, 3.8) is 0 Å². The van der Waals surface area contributed by atoms with E-state index in [1.165, 1.54) is 0 Å². The zero-order chi connectivity index (χ0) is 23.8. The molecule has 0 bridgehead atoms. The van der Waals surface area contributed by atoms with Crippen LogP contribution >= 0.6 is 0 Å². The lowest BCUT2D eigenvalue weighted by molar-refractivity contribution is -0.128. The zero-order valence-corrected chi connectivity index (χ0v) is 18.9. The fraction of sp³-hybridized carbons (Fsp3) is 0.360. The molecule has 2 N–H and O–H groups in total. The molecule has 1 atom stereocenters. The highest BCUT2D eigenvalue weighted by Crippen LogP contribution is 2.21. The minimum atomic E-state index is -0.509. The SMILES string of the molecule is CCCCN1CC(C(=O)Nc2ccc(C(=O)Nc3ccccc3C(=O)OCC)cc2)CC1=O. The Labute approximate surface area is 193 Å². The molecule has 0 radical (unpaired) electrons. The van der Waals surface area contributed by atoms with Crippen LogP contribution in [0, 0.1) is 5.92 Å². The van der Waals surface area contributed by atoms with E-state index in [0.29, 0.717) is 30.0 Å². The number of hydrogen-bond donors (Lipinski definition) is 2. The van der Waals surface area contributed by atoms with Gasteiger partial charge in [0.15, 0.2) is 0 Å². The Kier molecular flexibility index (Phi) is 8.18. The first-order chi connectivity index (χ1) is 15.9. The highest BCUT2D eigenvalue weighted by molar-refractivity contribution is 6.08. The van der Waals surface area contributed by atoms with Crippen molar-refractivity contribution < 1.29 is 23.9 Å². The van der Waals surface area contributed by atoms with Crippen LogP contribution in [-0.4, -0.2) is 48.3 Å². The molecule has 8 heteroatoms. The molecule has 8 nitrogen and oxygen atoms in total. The zero-order valence-electron chi connectivity index (χ0n) is 18.9. The molecule has 1 saturated heterocycles. The highest BCUT2D eigenvalue weighted by atomic mass is 16.5. The highest BCUT2D eigenvalue weighted by Gasteiger charge is 2.33. The molecule has 174 valence electrons. The van der Waals surface area contributed by atoms with E-state index >= 15 is 0 Å². The van der Waals surface area contributed by atoms with Crippen LogP contribution in [0.25, 0.3) is 0 Å². The summed E-state index contributed by atoms with van der Waals surface area (Å²) in [4.78, 5) is 51.2. The van der Waals surface area contributed by atoms with E-state index in [4.69, 9.17) is 4.74 Å². The molecule has 0 aromatic heterocycles. The maximum atomic E-state index is 12.7. The number of anilines is 2. The fourth-order valence-electron chi connectivity index (χ4n) is 3.64. The van der Waals surface area contributed by atoms with Crippen LogP contribution in [0.4, 0.5) is 11.4 Å². The summed E-state index contributed by atoms with van der Waals surface area (Å²) in [5.41, 5.74) is 1.55. The number of carbonyl (C=O) groups excluding carboxylic acids is 4. The standard InChI is InChI=1S/C25H29N3O5/c1-3-5-14-28-16-18(15-22(28)29)24(31)26-19-12-10-17(11-13-19)23(30)27-21-9-7-6-8-20(21)25(32)33-4-2/h6-13,18H,3-5,14-16H2,1-2H3,(H,26,31)(H,27,30). The molecule has 0 saturated carbocycles. The summed E-state index contributed by atoms with van der Waals surface area (Å²) in [6, 6.07) is 13.1. The quantitative estimate of drug-likeness (QED) is 0.566. The van der Waals surface area contributed by atoms with E-state index in [9.17, 15) is 19.2 Å². The molecule has 1 unspecified atom stereocenters. The summed E-state index contributed by atoms with van der Waals surface area (Å²) in [6.45, 7) is 5.13. The van der Waals surface area contributed by atoms with Crippen LogP contribution in [-0.2, 0) is 14.3 Å². The van der Waals surface area contributed by atoms with Crippen molar-refractivity contribution in [3.05, 3.63) is 59.7 Å². The number of unbranched alkanes of at least 4 members (excludes halogenated alkanes) is 1. The predicted octanol–water partition coefficient (Wildman–Crippen LogP) is 3.70. The van der Waals surface area contributed by atoms with Gasteiger partial charge in [0.25, 0.3) is 5.91 Å². The average molecular weight is 452 g/mol. The summed E-state index contributed by atoms with van der Waals surface area (Å²) in [5.74, 6) is -1.47. The molecule has 2 aromatic rings. The Morgan fingerprint density at radius 2 is 1.76 bits per heavy atom. The van der Waals surface area contributed by atoms with Crippen molar-refractivity contribution in [1.82, 2.24) is 4.90 Å². The van der Waals surface area contributed by atoms with Crippen molar-refractivity contribution in [2.45, 2.75) is 33.1 Å². The first-order valence-corrected chi connectivity index (χ1v) is 11.2. The van der Waals surface area contributed by atoms with Crippen LogP contribution < -0.4 is 10.6 Å². The van der Waals surface area contributed by atoms with Gasteiger partial charge in [0.2, 0.25) is 11.8 Å². The Morgan fingerprint density at radius 1 is 1.03 bits per heavy atom. The van der Waals surface area contributed by atoms with E-state index in [1.54, 1.807) is 60.4 Å². The Hall–Kier alpha value is -3.68. The van der Waals surface area contributed by atoms with Gasteiger partial charge in [0.05, 0.1) is 23.8 Å². The summed E-state index contributed by atoms with van der Waals surface area (Å²) in [7, 11) is 0. The maximum absolute atomic E-state index is 12.7. The molecule has 1 aliphatic heterocycles. The van der Waals surface area contributed by atoms with E-state index in [1.807, 2.05) is 0 Å². The van der Waals surface area contributed by atoms with Gasteiger partial charge in [0.1, 0.15) is 0 Å². The number of para-hydroxylation sites is 1. The van der Waals surface area contributed by atoms with Crippen LogP contribution in [0.5, 0.6) is 0 Å². The smallest absolute Gasteiger partial charge is 0.340 e. The van der Waals surface area contributed by atoms with Gasteiger partial charge in [0, 0.05) is 30.8 Å². The number of nitrogens with one attached hydrogen (secondary N) is 2. The van der Waals surface area contributed by atoms with Gasteiger partial charge in [-0.05, 0) is 49.7 Å². The minimum absolute atomic E-state index is 0.0127. The molecule has 33 heavy (non-hydrogen) atoms. The summed E-state index contributed by atoms with van der Waals surface area (Å²) in [6.07, 6.45) is 2.14. The third-order valence-electron chi connectivity index (χ3n) is 5.45. The second kappa shape index (κ2) is 11.3. The second-order valence-electron chi connectivity index (χ2n) is 7.88.